The van der Waals surface area contributed by atoms with Gasteiger partial charge in [0.05, 0.1) is 6.61 Å². The number of nitrogens with zero attached hydrogens (tertiary/aromatic N) is 1. The summed E-state index contributed by atoms with van der Waals surface area (Å²) < 4.78 is 19.5. The molecule has 1 amide bonds. The lowest BCUT2D eigenvalue weighted by Crippen LogP contribution is -2.31. The molecule has 0 saturated heterocycles. The topological polar surface area (TPSA) is 66.8 Å². The van der Waals surface area contributed by atoms with Gasteiger partial charge in [0.15, 0.2) is 5.76 Å². The van der Waals surface area contributed by atoms with Crippen molar-refractivity contribution in [2.45, 2.75) is 19.9 Å². The Bertz CT molecular complexity index is 889. The maximum Gasteiger partial charge on any atom is 0.340 e. The Kier molecular flexibility index (Phi) is 4.75. The lowest BCUT2D eigenvalue weighted by molar-refractivity contribution is -0.139. The summed E-state index contributed by atoms with van der Waals surface area (Å²) in [5, 5.41) is 10.3. The number of benzene rings is 2. The molecule has 1 aliphatic heterocycles. The van der Waals surface area contributed by atoms with E-state index in [-0.39, 0.29) is 17.7 Å². The molecule has 6 heteroatoms. The van der Waals surface area contributed by atoms with Crippen LogP contribution in [0, 0.1) is 12.7 Å². The summed E-state index contributed by atoms with van der Waals surface area (Å²) in [6.45, 7) is 3.57. The maximum atomic E-state index is 14.5. The first-order chi connectivity index (χ1) is 12.5. The zero-order chi connectivity index (χ0) is 18.8. The van der Waals surface area contributed by atoms with Crippen LogP contribution in [0.2, 0.25) is 0 Å². The number of anilines is 1. The quantitative estimate of drug-likeness (QED) is 0.851. The van der Waals surface area contributed by atoms with Gasteiger partial charge in [0, 0.05) is 11.3 Å². The minimum atomic E-state index is -1.11. The van der Waals surface area contributed by atoms with Gasteiger partial charge in [0.25, 0.3) is 5.91 Å². The average Bonchev–Trinajstić information content (AvgIpc) is 2.88. The number of esters is 1. The Balaban J connectivity index is 2.18. The van der Waals surface area contributed by atoms with E-state index in [0.29, 0.717) is 5.69 Å². The van der Waals surface area contributed by atoms with E-state index in [1.165, 1.54) is 23.1 Å². The van der Waals surface area contributed by atoms with Crippen LogP contribution < -0.4 is 4.90 Å². The number of rotatable bonds is 4. The first-order valence-corrected chi connectivity index (χ1v) is 8.20. The Morgan fingerprint density at radius 2 is 1.85 bits per heavy atom. The van der Waals surface area contributed by atoms with Crippen LogP contribution in [0.15, 0.2) is 59.9 Å². The van der Waals surface area contributed by atoms with Crippen LogP contribution >= 0.6 is 0 Å². The number of ether oxygens (including phenoxy) is 1. The van der Waals surface area contributed by atoms with Crippen molar-refractivity contribution in [3.8, 4) is 0 Å². The van der Waals surface area contributed by atoms with Gasteiger partial charge in [-0.25, -0.2) is 9.18 Å². The Morgan fingerprint density at radius 1 is 1.19 bits per heavy atom. The molecule has 2 aromatic rings. The summed E-state index contributed by atoms with van der Waals surface area (Å²) in [5.41, 5.74) is 1.27. The third-order valence-electron chi connectivity index (χ3n) is 4.22. The summed E-state index contributed by atoms with van der Waals surface area (Å²) in [6.07, 6.45) is 0. The van der Waals surface area contributed by atoms with Gasteiger partial charge in [0.2, 0.25) is 0 Å². The number of aliphatic hydroxyl groups is 1. The highest BCUT2D eigenvalue weighted by atomic mass is 19.1. The number of hydrogen-bond acceptors (Lipinski definition) is 4. The highest BCUT2D eigenvalue weighted by Crippen LogP contribution is 2.41. The van der Waals surface area contributed by atoms with Gasteiger partial charge in [-0.05, 0) is 32.0 Å². The Morgan fingerprint density at radius 3 is 2.46 bits per heavy atom. The molecule has 0 radical (unpaired) electrons. The van der Waals surface area contributed by atoms with E-state index in [2.05, 4.69) is 0 Å². The molecule has 26 heavy (non-hydrogen) atoms. The van der Waals surface area contributed by atoms with E-state index in [1.807, 2.05) is 6.92 Å². The molecule has 5 nitrogen and oxygen atoms in total. The van der Waals surface area contributed by atoms with Crippen LogP contribution in [0.4, 0.5) is 10.1 Å². The van der Waals surface area contributed by atoms with Crippen LogP contribution in [0.3, 0.4) is 0 Å². The molecule has 1 atom stereocenters. The molecule has 0 spiro atoms. The standard InChI is InChI=1S/C20H18FNO4/c1-3-26-20(25)16-17(14-6-4-5-7-15(14)21)22(19(24)18(16)23)13-10-8-12(2)9-11-13/h4-11,17,23H,3H2,1-2H3/t17-/m1/s1. The molecule has 1 N–H and O–H groups in total. The average molecular weight is 355 g/mol. The number of amides is 1. The van der Waals surface area contributed by atoms with Gasteiger partial charge in [-0.15, -0.1) is 0 Å². The van der Waals surface area contributed by atoms with Crippen molar-refractivity contribution in [3.63, 3.8) is 0 Å². The lowest BCUT2D eigenvalue weighted by atomic mass is 9.98. The van der Waals surface area contributed by atoms with Gasteiger partial charge < -0.3 is 9.84 Å². The SMILES string of the molecule is CCOC(=O)C1=C(O)C(=O)N(c2ccc(C)cc2)[C@@H]1c1ccccc1F. The summed E-state index contributed by atoms with van der Waals surface area (Å²) in [4.78, 5) is 26.3. The highest BCUT2D eigenvalue weighted by Gasteiger charge is 2.46. The van der Waals surface area contributed by atoms with Crippen LogP contribution in [-0.2, 0) is 14.3 Å². The van der Waals surface area contributed by atoms with E-state index in [1.54, 1.807) is 37.3 Å². The van der Waals surface area contributed by atoms with Crippen LogP contribution in [0.25, 0.3) is 0 Å². The molecule has 134 valence electrons. The van der Waals surface area contributed by atoms with Crippen LogP contribution in [-0.4, -0.2) is 23.6 Å². The first kappa shape index (κ1) is 17.7. The third kappa shape index (κ3) is 2.94. The number of aryl methyl sites for hydroxylation is 1. The minimum Gasteiger partial charge on any atom is -0.503 e. The molecule has 0 fully saturated rings. The Hall–Kier alpha value is -3.15. The van der Waals surface area contributed by atoms with Crippen molar-refractivity contribution in [2.75, 3.05) is 11.5 Å². The number of carbonyl (C=O) groups is 2. The largest absolute Gasteiger partial charge is 0.503 e. The van der Waals surface area contributed by atoms with E-state index in [0.717, 1.165) is 5.56 Å². The molecule has 0 bridgehead atoms. The molecular formula is C20H18FNO4. The predicted molar refractivity (Wildman–Crippen MR) is 94.1 cm³/mol. The summed E-state index contributed by atoms with van der Waals surface area (Å²) in [5.74, 6) is -2.93. The number of halogens is 1. The Labute approximate surface area is 150 Å². The summed E-state index contributed by atoms with van der Waals surface area (Å²) >= 11 is 0. The molecule has 0 aliphatic carbocycles. The second kappa shape index (κ2) is 7.00. The van der Waals surface area contributed by atoms with Crippen LogP contribution in [0.1, 0.15) is 24.1 Å². The third-order valence-corrected chi connectivity index (χ3v) is 4.22. The predicted octanol–water partition coefficient (Wildman–Crippen LogP) is 3.60. The van der Waals surface area contributed by atoms with Crippen molar-refractivity contribution < 1.29 is 23.8 Å². The molecule has 2 aromatic carbocycles. The molecule has 1 heterocycles. The van der Waals surface area contributed by atoms with Crippen molar-refractivity contribution >= 4 is 17.6 Å². The van der Waals surface area contributed by atoms with E-state index in [9.17, 15) is 19.1 Å². The smallest absolute Gasteiger partial charge is 0.340 e. The van der Waals surface area contributed by atoms with E-state index >= 15 is 0 Å². The van der Waals surface area contributed by atoms with E-state index in [4.69, 9.17) is 4.74 Å². The zero-order valence-electron chi connectivity index (χ0n) is 14.4. The summed E-state index contributed by atoms with van der Waals surface area (Å²) in [7, 11) is 0. The van der Waals surface area contributed by atoms with Gasteiger partial charge in [0.1, 0.15) is 17.4 Å². The molecular weight excluding hydrogens is 337 g/mol. The van der Waals surface area contributed by atoms with Crippen molar-refractivity contribution in [1.82, 2.24) is 0 Å². The summed E-state index contributed by atoms with van der Waals surface area (Å²) in [6, 6.07) is 11.7. The van der Waals surface area contributed by atoms with Crippen molar-refractivity contribution in [2.24, 2.45) is 0 Å². The van der Waals surface area contributed by atoms with Gasteiger partial charge in [-0.1, -0.05) is 35.9 Å². The van der Waals surface area contributed by atoms with Gasteiger partial charge in [-0.3, -0.25) is 9.69 Å². The number of carbonyl (C=O) groups excluding carboxylic acids is 2. The molecule has 0 aromatic heterocycles. The molecule has 0 saturated carbocycles. The lowest BCUT2D eigenvalue weighted by Gasteiger charge is -2.27. The second-order valence-electron chi connectivity index (χ2n) is 5.92. The minimum absolute atomic E-state index is 0.0678. The van der Waals surface area contributed by atoms with Gasteiger partial charge in [-0.2, -0.15) is 0 Å². The number of hydrogen-bond donors (Lipinski definition) is 1. The second-order valence-corrected chi connectivity index (χ2v) is 5.92. The monoisotopic (exact) mass is 355 g/mol. The van der Waals surface area contributed by atoms with Gasteiger partial charge >= 0.3 is 5.97 Å². The fourth-order valence-electron chi connectivity index (χ4n) is 2.99. The molecule has 3 rings (SSSR count). The van der Waals surface area contributed by atoms with E-state index < -0.39 is 29.5 Å². The van der Waals surface area contributed by atoms with Crippen molar-refractivity contribution in [3.05, 3.63) is 76.8 Å². The zero-order valence-corrected chi connectivity index (χ0v) is 14.4. The van der Waals surface area contributed by atoms with Crippen LogP contribution in [0.5, 0.6) is 0 Å². The maximum absolute atomic E-state index is 14.5. The first-order valence-electron chi connectivity index (χ1n) is 8.20. The highest BCUT2D eigenvalue weighted by molar-refractivity contribution is 6.15. The van der Waals surface area contributed by atoms with Crippen molar-refractivity contribution in [1.29, 1.82) is 0 Å². The fourth-order valence-corrected chi connectivity index (χ4v) is 2.99. The fraction of sp³-hybridized carbons (Fsp3) is 0.200. The molecule has 1 aliphatic rings. The normalized spacial score (nSPS) is 17.0. The molecule has 0 unspecified atom stereocenters. The number of aliphatic hydroxyl groups excluding tert-OH is 1.